The summed E-state index contributed by atoms with van der Waals surface area (Å²) >= 11 is 0. The molecule has 0 amide bonds. The van der Waals surface area contributed by atoms with Crippen LogP contribution in [-0.4, -0.2) is 0 Å². The number of hydrogen-bond acceptors (Lipinski definition) is 1. The van der Waals surface area contributed by atoms with Gasteiger partial charge < -0.3 is 0 Å². The van der Waals surface area contributed by atoms with Crippen LogP contribution in [0.15, 0.2) is 42.3 Å². The fourth-order valence-electron chi connectivity index (χ4n) is 3.17. The third kappa shape index (κ3) is 5.28. The summed E-state index contributed by atoms with van der Waals surface area (Å²) in [6.07, 6.45) is 10.6. The molecule has 2 rings (SSSR count). The Hall–Kier alpha value is -2.02. The third-order valence-electron chi connectivity index (χ3n) is 4.49. The zero-order valence-corrected chi connectivity index (χ0v) is 12.9. The first-order chi connectivity index (χ1) is 11.1. The average Bonchev–Trinajstić information content (AvgIpc) is 2.57. The van der Waals surface area contributed by atoms with Gasteiger partial charge in [-0.15, -0.1) is 0 Å². The van der Waals surface area contributed by atoms with E-state index in [2.05, 4.69) is 0 Å². The summed E-state index contributed by atoms with van der Waals surface area (Å²) in [6.45, 7) is 0. The zero-order valence-electron chi connectivity index (χ0n) is 12.9. The first-order valence-corrected chi connectivity index (χ1v) is 7.97. The van der Waals surface area contributed by atoms with Crippen molar-refractivity contribution >= 4 is 0 Å². The van der Waals surface area contributed by atoms with Gasteiger partial charge in [0.1, 0.15) is 6.07 Å². The SMILES string of the molecule is N#C/C(F)=C/C=C/CC[C@H]1CC[C@H](c2ccc(F)c(F)c2)CC1. The van der Waals surface area contributed by atoms with Crippen molar-refractivity contribution in [1.29, 1.82) is 5.26 Å². The Bertz CT molecular complexity index is 620. The second-order valence-electron chi connectivity index (χ2n) is 6.02. The molecule has 0 aromatic heterocycles. The molecule has 122 valence electrons. The molecule has 0 N–H and O–H groups in total. The van der Waals surface area contributed by atoms with Gasteiger partial charge in [-0.05, 0) is 74.1 Å². The van der Waals surface area contributed by atoms with Crippen molar-refractivity contribution in [3.63, 3.8) is 0 Å². The summed E-state index contributed by atoms with van der Waals surface area (Å²) in [4.78, 5) is 0. The van der Waals surface area contributed by atoms with Gasteiger partial charge in [0.25, 0.3) is 0 Å². The molecule has 0 unspecified atom stereocenters. The number of nitriles is 1. The molecular formula is C19H20F3N. The van der Waals surface area contributed by atoms with Crippen LogP contribution in [-0.2, 0) is 0 Å². The highest BCUT2D eigenvalue weighted by atomic mass is 19.2. The Labute approximate surface area is 135 Å². The van der Waals surface area contributed by atoms with E-state index in [1.807, 2.05) is 6.08 Å². The minimum Gasteiger partial charge on any atom is -0.204 e. The van der Waals surface area contributed by atoms with Crippen molar-refractivity contribution in [1.82, 2.24) is 0 Å². The summed E-state index contributed by atoms with van der Waals surface area (Å²) < 4.78 is 38.8. The van der Waals surface area contributed by atoms with Crippen molar-refractivity contribution in [3.8, 4) is 6.07 Å². The van der Waals surface area contributed by atoms with Crippen LogP contribution in [0.25, 0.3) is 0 Å². The number of nitrogens with zero attached hydrogens (tertiary/aromatic N) is 1. The molecule has 1 saturated carbocycles. The maximum Gasteiger partial charge on any atom is 0.199 e. The predicted octanol–water partition coefficient (Wildman–Crippen LogP) is 5.95. The summed E-state index contributed by atoms with van der Waals surface area (Å²) in [5.74, 6) is -1.42. The molecule has 0 saturated heterocycles. The lowest BCUT2D eigenvalue weighted by Crippen LogP contribution is -2.13. The van der Waals surface area contributed by atoms with Crippen molar-refractivity contribution in [2.24, 2.45) is 5.92 Å². The Balaban J connectivity index is 1.76. The lowest BCUT2D eigenvalue weighted by molar-refractivity contribution is 0.311. The Kier molecular flexibility index (Phi) is 6.46. The number of hydrogen-bond donors (Lipinski definition) is 0. The summed E-state index contributed by atoms with van der Waals surface area (Å²) in [5.41, 5.74) is 0.888. The molecule has 4 heteroatoms. The lowest BCUT2D eigenvalue weighted by Gasteiger charge is -2.28. The highest BCUT2D eigenvalue weighted by Crippen LogP contribution is 2.37. The molecule has 0 aliphatic heterocycles. The van der Waals surface area contributed by atoms with Crippen LogP contribution < -0.4 is 0 Å². The minimum atomic E-state index is -0.795. The van der Waals surface area contributed by atoms with Gasteiger partial charge in [-0.25, -0.2) is 8.78 Å². The number of allylic oxidation sites excluding steroid dienone is 4. The van der Waals surface area contributed by atoms with Gasteiger partial charge >= 0.3 is 0 Å². The fourth-order valence-corrected chi connectivity index (χ4v) is 3.17. The Morgan fingerprint density at radius 1 is 1.17 bits per heavy atom. The van der Waals surface area contributed by atoms with Crippen LogP contribution in [0.2, 0.25) is 0 Å². The van der Waals surface area contributed by atoms with Gasteiger partial charge in [-0.3, -0.25) is 0 Å². The molecule has 1 aliphatic carbocycles. The first kappa shape index (κ1) is 17.3. The molecule has 0 bridgehead atoms. The number of halogens is 3. The van der Waals surface area contributed by atoms with Gasteiger partial charge in [-0.2, -0.15) is 9.65 Å². The van der Waals surface area contributed by atoms with Crippen molar-refractivity contribution in [3.05, 3.63) is 59.5 Å². The first-order valence-electron chi connectivity index (χ1n) is 7.97. The van der Waals surface area contributed by atoms with E-state index in [-0.39, 0.29) is 0 Å². The van der Waals surface area contributed by atoms with E-state index in [9.17, 15) is 13.2 Å². The Morgan fingerprint density at radius 2 is 1.91 bits per heavy atom. The number of benzene rings is 1. The number of rotatable bonds is 5. The van der Waals surface area contributed by atoms with Gasteiger partial charge in [0.05, 0.1) is 0 Å². The van der Waals surface area contributed by atoms with Crippen LogP contribution in [0, 0.1) is 28.9 Å². The summed E-state index contributed by atoms with van der Waals surface area (Å²) in [7, 11) is 0. The second-order valence-corrected chi connectivity index (χ2v) is 6.02. The van der Waals surface area contributed by atoms with E-state index in [1.54, 1.807) is 12.1 Å². The van der Waals surface area contributed by atoms with E-state index >= 15 is 0 Å². The molecule has 1 aliphatic rings. The molecule has 1 nitrogen and oxygen atoms in total. The molecule has 0 radical (unpaired) electrons. The van der Waals surface area contributed by atoms with Crippen LogP contribution in [0.3, 0.4) is 0 Å². The maximum atomic E-state index is 13.3. The van der Waals surface area contributed by atoms with Crippen LogP contribution >= 0.6 is 0 Å². The molecule has 0 atom stereocenters. The van der Waals surface area contributed by atoms with Gasteiger partial charge in [-0.1, -0.05) is 18.2 Å². The van der Waals surface area contributed by atoms with E-state index in [4.69, 9.17) is 5.26 Å². The molecule has 1 aromatic carbocycles. The minimum absolute atomic E-state index is 0.310. The van der Waals surface area contributed by atoms with E-state index in [0.29, 0.717) is 11.8 Å². The second kappa shape index (κ2) is 8.57. The van der Waals surface area contributed by atoms with Crippen molar-refractivity contribution in [2.45, 2.75) is 44.4 Å². The standard InChI is InChI=1S/C19H20F3N/c20-17(13-23)5-3-1-2-4-14-6-8-15(9-7-14)16-10-11-18(21)19(22)12-16/h1,3,5,10-12,14-15H,2,4,6-9H2/b3-1+,17-5-/t14-,15-. The van der Waals surface area contributed by atoms with Gasteiger partial charge in [0.2, 0.25) is 0 Å². The topological polar surface area (TPSA) is 23.8 Å². The average molecular weight is 319 g/mol. The highest BCUT2D eigenvalue weighted by molar-refractivity contribution is 5.22. The smallest absolute Gasteiger partial charge is 0.199 e. The normalized spacial score (nSPS) is 22.3. The summed E-state index contributed by atoms with van der Waals surface area (Å²) in [5, 5.41) is 8.27. The molecule has 1 aromatic rings. The molecule has 0 spiro atoms. The molecular weight excluding hydrogens is 299 g/mol. The van der Waals surface area contributed by atoms with E-state index < -0.39 is 17.5 Å². The maximum absolute atomic E-state index is 13.3. The fraction of sp³-hybridized carbons (Fsp3) is 0.421. The Morgan fingerprint density at radius 3 is 2.57 bits per heavy atom. The molecule has 0 heterocycles. The third-order valence-corrected chi connectivity index (χ3v) is 4.49. The van der Waals surface area contributed by atoms with E-state index in [1.165, 1.54) is 24.3 Å². The molecule has 23 heavy (non-hydrogen) atoms. The monoisotopic (exact) mass is 319 g/mol. The quantitative estimate of drug-likeness (QED) is 0.486. The van der Waals surface area contributed by atoms with Crippen LogP contribution in [0.5, 0.6) is 0 Å². The molecule has 1 fully saturated rings. The van der Waals surface area contributed by atoms with Crippen LogP contribution in [0.4, 0.5) is 13.2 Å². The van der Waals surface area contributed by atoms with Crippen LogP contribution in [0.1, 0.15) is 50.0 Å². The highest BCUT2D eigenvalue weighted by Gasteiger charge is 2.22. The van der Waals surface area contributed by atoms with Crippen molar-refractivity contribution in [2.75, 3.05) is 0 Å². The predicted molar refractivity (Wildman–Crippen MR) is 84.2 cm³/mol. The zero-order chi connectivity index (χ0) is 16.7. The van der Waals surface area contributed by atoms with Gasteiger partial charge in [0, 0.05) is 0 Å². The largest absolute Gasteiger partial charge is 0.204 e. The lowest BCUT2D eigenvalue weighted by atomic mass is 9.77. The van der Waals surface area contributed by atoms with Gasteiger partial charge in [0.15, 0.2) is 17.5 Å². The van der Waals surface area contributed by atoms with Crippen molar-refractivity contribution < 1.29 is 13.2 Å². The van der Waals surface area contributed by atoms with E-state index in [0.717, 1.165) is 44.1 Å². The summed E-state index contributed by atoms with van der Waals surface area (Å²) in [6, 6.07) is 5.63.